The maximum absolute atomic E-state index is 12.4. The van der Waals surface area contributed by atoms with Crippen LogP contribution < -0.4 is 5.32 Å². The van der Waals surface area contributed by atoms with Crippen molar-refractivity contribution in [2.75, 3.05) is 19.8 Å². The SMILES string of the molecule is CN(C)S(=O)(=O)c1ccc(C(=O)NC(=O)CSc2nnc(-c3cccs3)n2C2CC2)cc1. The van der Waals surface area contributed by atoms with Crippen LogP contribution >= 0.6 is 23.1 Å². The number of nitrogens with one attached hydrogen (secondary N) is 1. The minimum atomic E-state index is -3.59. The number of rotatable bonds is 8. The monoisotopic (exact) mass is 491 g/mol. The quantitative estimate of drug-likeness (QED) is 0.482. The van der Waals surface area contributed by atoms with E-state index in [2.05, 4.69) is 20.1 Å². The fourth-order valence-electron chi connectivity index (χ4n) is 2.97. The zero-order valence-corrected chi connectivity index (χ0v) is 19.8. The van der Waals surface area contributed by atoms with Gasteiger partial charge in [0.1, 0.15) is 0 Å². The Labute approximate surface area is 193 Å². The van der Waals surface area contributed by atoms with Gasteiger partial charge in [0.15, 0.2) is 11.0 Å². The molecular weight excluding hydrogens is 470 g/mol. The normalized spacial score (nSPS) is 14.0. The van der Waals surface area contributed by atoms with Crippen LogP contribution in [0.5, 0.6) is 0 Å². The third-order valence-electron chi connectivity index (χ3n) is 4.80. The van der Waals surface area contributed by atoms with E-state index in [9.17, 15) is 18.0 Å². The summed E-state index contributed by atoms with van der Waals surface area (Å²) in [5, 5.41) is 13.5. The van der Waals surface area contributed by atoms with Crippen molar-refractivity contribution in [2.24, 2.45) is 0 Å². The van der Waals surface area contributed by atoms with Crippen molar-refractivity contribution >= 4 is 44.9 Å². The molecule has 1 saturated carbocycles. The van der Waals surface area contributed by atoms with Gasteiger partial charge in [-0.2, -0.15) is 0 Å². The van der Waals surface area contributed by atoms with E-state index >= 15 is 0 Å². The molecule has 1 aromatic carbocycles. The standard InChI is InChI=1S/C20H21N5O4S3/c1-24(2)32(28,29)15-9-5-13(6-10-15)19(27)21-17(26)12-31-20-23-22-18(16-4-3-11-30-16)25(20)14-7-8-14/h3-6,9-11,14H,7-8,12H2,1-2H3,(H,21,26,27). The van der Waals surface area contributed by atoms with Gasteiger partial charge >= 0.3 is 0 Å². The van der Waals surface area contributed by atoms with Gasteiger partial charge in [0.05, 0.1) is 15.5 Å². The molecule has 2 amide bonds. The molecule has 3 aromatic rings. The summed E-state index contributed by atoms with van der Waals surface area (Å²) in [4.78, 5) is 25.8. The highest BCUT2D eigenvalue weighted by atomic mass is 32.2. The number of carbonyl (C=O) groups excluding carboxylic acids is 2. The maximum atomic E-state index is 12.4. The molecule has 0 aliphatic heterocycles. The summed E-state index contributed by atoms with van der Waals surface area (Å²) in [5.41, 5.74) is 0.196. The number of sulfonamides is 1. The first kappa shape index (κ1) is 22.6. The molecule has 0 spiro atoms. The summed E-state index contributed by atoms with van der Waals surface area (Å²) >= 11 is 2.82. The number of amides is 2. The van der Waals surface area contributed by atoms with Gasteiger partial charge < -0.3 is 0 Å². The lowest BCUT2D eigenvalue weighted by molar-refractivity contribution is -0.117. The molecule has 0 bridgehead atoms. The number of thiophene rings is 1. The first-order chi connectivity index (χ1) is 15.3. The van der Waals surface area contributed by atoms with Crippen LogP contribution in [-0.2, 0) is 14.8 Å². The number of hydrogen-bond donors (Lipinski definition) is 1. The summed E-state index contributed by atoms with van der Waals surface area (Å²) in [7, 11) is -0.725. The van der Waals surface area contributed by atoms with E-state index in [1.54, 1.807) is 11.3 Å². The van der Waals surface area contributed by atoms with Crippen molar-refractivity contribution < 1.29 is 18.0 Å². The molecule has 0 radical (unpaired) electrons. The van der Waals surface area contributed by atoms with Gasteiger partial charge in [0.2, 0.25) is 15.9 Å². The van der Waals surface area contributed by atoms with Crippen LogP contribution in [-0.4, -0.2) is 59.2 Å². The molecule has 1 N–H and O–H groups in total. The number of thioether (sulfide) groups is 1. The second-order valence-corrected chi connectivity index (χ2v) is 11.4. The van der Waals surface area contributed by atoms with E-state index in [1.807, 2.05) is 17.5 Å². The van der Waals surface area contributed by atoms with E-state index in [0.717, 1.165) is 27.8 Å². The summed E-state index contributed by atoms with van der Waals surface area (Å²) in [5.74, 6) is -0.247. The number of nitrogens with zero attached hydrogens (tertiary/aromatic N) is 4. The van der Waals surface area contributed by atoms with Crippen LogP contribution in [0.2, 0.25) is 0 Å². The minimum absolute atomic E-state index is 0.00806. The van der Waals surface area contributed by atoms with E-state index in [4.69, 9.17) is 0 Å². The molecule has 2 aromatic heterocycles. The summed E-state index contributed by atoms with van der Waals surface area (Å²) < 4.78 is 27.4. The Morgan fingerprint density at radius 3 is 2.50 bits per heavy atom. The Hall–Kier alpha value is -2.54. The second kappa shape index (κ2) is 9.14. The van der Waals surface area contributed by atoms with E-state index < -0.39 is 21.8 Å². The fraction of sp³-hybridized carbons (Fsp3) is 0.300. The molecule has 168 valence electrons. The molecule has 1 aliphatic carbocycles. The number of carbonyl (C=O) groups is 2. The largest absolute Gasteiger partial charge is 0.298 e. The highest BCUT2D eigenvalue weighted by molar-refractivity contribution is 7.99. The van der Waals surface area contributed by atoms with E-state index in [-0.39, 0.29) is 16.2 Å². The summed E-state index contributed by atoms with van der Waals surface area (Å²) in [6.45, 7) is 0. The molecular formula is C20H21N5O4S3. The minimum Gasteiger partial charge on any atom is -0.298 e. The van der Waals surface area contributed by atoms with Crippen molar-refractivity contribution in [3.8, 4) is 10.7 Å². The van der Waals surface area contributed by atoms with Crippen LogP contribution in [0.3, 0.4) is 0 Å². The Balaban J connectivity index is 1.38. The Morgan fingerprint density at radius 2 is 1.91 bits per heavy atom. The van der Waals surface area contributed by atoms with Gasteiger partial charge in [0, 0.05) is 25.7 Å². The Morgan fingerprint density at radius 1 is 1.19 bits per heavy atom. The highest BCUT2D eigenvalue weighted by Gasteiger charge is 2.30. The van der Waals surface area contributed by atoms with Crippen molar-refractivity contribution in [1.29, 1.82) is 0 Å². The third-order valence-corrected chi connectivity index (χ3v) is 8.44. The van der Waals surface area contributed by atoms with Crippen LogP contribution in [0.1, 0.15) is 29.2 Å². The van der Waals surface area contributed by atoms with Crippen molar-refractivity contribution in [3.63, 3.8) is 0 Å². The Kier molecular flexibility index (Phi) is 6.47. The van der Waals surface area contributed by atoms with Gasteiger partial charge in [-0.1, -0.05) is 17.8 Å². The zero-order chi connectivity index (χ0) is 22.9. The lowest BCUT2D eigenvalue weighted by Crippen LogP contribution is -2.32. The molecule has 9 nitrogen and oxygen atoms in total. The number of hydrogen-bond acceptors (Lipinski definition) is 8. The zero-order valence-electron chi connectivity index (χ0n) is 17.4. The molecule has 4 rings (SSSR count). The van der Waals surface area contributed by atoms with Crippen molar-refractivity contribution in [2.45, 2.75) is 28.9 Å². The van der Waals surface area contributed by atoms with Crippen LogP contribution in [0, 0.1) is 0 Å². The topological polar surface area (TPSA) is 114 Å². The Bertz CT molecular complexity index is 1230. The molecule has 1 fully saturated rings. The second-order valence-electron chi connectivity index (χ2n) is 7.36. The number of imide groups is 1. The maximum Gasteiger partial charge on any atom is 0.257 e. The lowest BCUT2D eigenvalue weighted by atomic mass is 10.2. The molecule has 1 aliphatic rings. The number of aromatic nitrogens is 3. The average Bonchev–Trinajstić information content (AvgIpc) is 3.28. The summed E-state index contributed by atoms with van der Waals surface area (Å²) in [6, 6.07) is 9.72. The van der Waals surface area contributed by atoms with E-state index in [1.165, 1.54) is 50.1 Å². The third kappa shape index (κ3) is 4.77. The van der Waals surface area contributed by atoms with Gasteiger partial charge in [-0.05, 0) is 48.6 Å². The van der Waals surface area contributed by atoms with Crippen LogP contribution in [0.4, 0.5) is 0 Å². The molecule has 32 heavy (non-hydrogen) atoms. The van der Waals surface area contributed by atoms with Crippen LogP contribution in [0.25, 0.3) is 10.7 Å². The highest BCUT2D eigenvalue weighted by Crippen LogP contribution is 2.41. The first-order valence-electron chi connectivity index (χ1n) is 9.75. The summed E-state index contributed by atoms with van der Waals surface area (Å²) in [6.07, 6.45) is 2.10. The first-order valence-corrected chi connectivity index (χ1v) is 13.1. The fourth-order valence-corrected chi connectivity index (χ4v) is 5.38. The average molecular weight is 492 g/mol. The molecule has 0 saturated heterocycles. The van der Waals surface area contributed by atoms with Gasteiger partial charge in [-0.3, -0.25) is 19.5 Å². The molecule has 12 heteroatoms. The van der Waals surface area contributed by atoms with Crippen LogP contribution in [0.15, 0.2) is 51.8 Å². The van der Waals surface area contributed by atoms with Gasteiger partial charge in [-0.25, -0.2) is 12.7 Å². The predicted octanol–water partition coefficient (Wildman–Crippen LogP) is 2.64. The predicted molar refractivity (Wildman–Crippen MR) is 122 cm³/mol. The van der Waals surface area contributed by atoms with E-state index in [0.29, 0.717) is 11.2 Å². The lowest BCUT2D eigenvalue weighted by Gasteiger charge is -2.11. The van der Waals surface area contributed by atoms with Gasteiger partial charge in [-0.15, -0.1) is 21.5 Å². The molecule has 0 unspecified atom stereocenters. The molecule has 0 atom stereocenters. The van der Waals surface area contributed by atoms with Crippen molar-refractivity contribution in [3.05, 3.63) is 47.3 Å². The van der Waals surface area contributed by atoms with Gasteiger partial charge in [0.25, 0.3) is 5.91 Å². The van der Waals surface area contributed by atoms with Crippen molar-refractivity contribution in [1.82, 2.24) is 24.4 Å². The molecule has 2 heterocycles. The smallest absolute Gasteiger partial charge is 0.257 e. The number of benzene rings is 1.